The molecule has 3 rings (SSSR count). The number of pyridine rings is 1. The van der Waals surface area contributed by atoms with Gasteiger partial charge in [0, 0.05) is 31.7 Å². The highest BCUT2D eigenvalue weighted by atomic mass is 16.5. The van der Waals surface area contributed by atoms with Gasteiger partial charge in [0.1, 0.15) is 11.6 Å². The van der Waals surface area contributed by atoms with Gasteiger partial charge in [-0.2, -0.15) is 10.1 Å². The molecule has 2 atom stereocenters. The molecule has 37 heavy (non-hydrogen) atoms. The van der Waals surface area contributed by atoms with E-state index in [1.807, 2.05) is 52.3 Å². The molecule has 2 aromatic rings. The minimum Gasteiger partial charge on any atom is -0.375 e. The minimum atomic E-state index is -0.207. The second-order valence-corrected chi connectivity index (χ2v) is 9.93. The molecule has 0 bridgehead atoms. The van der Waals surface area contributed by atoms with Crippen LogP contribution in [0.2, 0.25) is 0 Å². The Bertz CT molecular complexity index is 1070. The lowest BCUT2D eigenvalue weighted by molar-refractivity contribution is -0.0197. The van der Waals surface area contributed by atoms with E-state index in [0.29, 0.717) is 19.1 Å². The average molecular weight is 511 g/mol. The number of hydrogen-bond donors (Lipinski definition) is 2. The fourth-order valence-corrected chi connectivity index (χ4v) is 4.19. The van der Waals surface area contributed by atoms with Crippen LogP contribution in [0.1, 0.15) is 67.0 Å². The van der Waals surface area contributed by atoms with Crippen LogP contribution >= 0.6 is 0 Å². The van der Waals surface area contributed by atoms with E-state index in [1.54, 1.807) is 10.9 Å². The molecule has 2 aromatic heterocycles. The highest BCUT2D eigenvalue weighted by Gasteiger charge is 2.35. The quantitative estimate of drug-likeness (QED) is 0.366. The summed E-state index contributed by atoms with van der Waals surface area (Å²) in [6.45, 7) is 19.7. The lowest BCUT2D eigenvalue weighted by Crippen LogP contribution is -2.43. The molecule has 0 saturated carbocycles. The fourth-order valence-electron chi connectivity index (χ4n) is 4.19. The van der Waals surface area contributed by atoms with Gasteiger partial charge in [0.2, 0.25) is 5.96 Å². The first-order valence-electron chi connectivity index (χ1n) is 13.2. The predicted octanol–water partition coefficient (Wildman–Crippen LogP) is 5.38. The number of ether oxygens (including phenoxy) is 1. The molecule has 1 aliphatic rings. The Morgan fingerprint density at radius 2 is 2.00 bits per heavy atom. The van der Waals surface area contributed by atoms with E-state index in [4.69, 9.17) is 14.7 Å². The monoisotopic (exact) mass is 510 g/mol. The molecule has 1 aliphatic heterocycles. The van der Waals surface area contributed by atoms with Crippen molar-refractivity contribution in [3.63, 3.8) is 0 Å². The van der Waals surface area contributed by atoms with Crippen LogP contribution in [-0.4, -0.2) is 52.7 Å². The van der Waals surface area contributed by atoms with Gasteiger partial charge in [0.25, 0.3) is 0 Å². The molecule has 9 nitrogen and oxygen atoms in total. The Morgan fingerprint density at radius 3 is 2.57 bits per heavy atom. The highest BCUT2D eigenvalue weighted by molar-refractivity contribution is 5.97. The van der Waals surface area contributed by atoms with Gasteiger partial charge in [0.15, 0.2) is 0 Å². The van der Waals surface area contributed by atoms with Crippen molar-refractivity contribution in [3.05, 3.63) is 47.7 Å². The first kappa shape index (κ1) is 30.2. The molecule has 204 valence electrons. The molecule has 0 amide bonds. The van der Waals surface area contributed by atoms with Gasteiger partial charge in [0.05, 0.1) is 29.8 Å². The lowest BCUT2D eigenvalue weighted by Gasteiger charge is -2.41. The Morgan fingerprint density at radius 1 is 1.27 bits per heavy atom. The highest BCUT2D eigenvalue weighted by Crippen LogP contribution is 2.37. The van der Waals surface area contributed by atoms with Crippen LogP contribution in [0.3, 0.4) is 0 Å². The number of anilines is 2. The maximum atomic E-state index is 6.21. The topological polar surface area (TPSA) is 92.0 Å². The van der Waals surface area contributed by atoms with Crippen molar-refractivity contribution < 1.29 is 4.74 Å². The van der Waals surface area contributed by atoms with Gasteiger partial charge >= 0.3 is 0 Å². The summed E-state index contributed by atoms with van der Waals surface area (Å²) in [6, 6.07) is 6.35. The van der Waals surface area contributed by atoms with Crippen molar-refractivity contribution in [1.29, 1.82) is 0 Å². The van der Waals surface area contributed by atoms with E-state index >= 15 is 0 Å². The second-order valence-electron chi connectivity index (χ2n) is 9.93. The number of nitrogens with zero attached hydrogens (tertiary/aromatic N) is 6. The van der Waals surface area contributed by atoms with Gasteiger partial charge in [-0.3, -0.25) is 4.68 Å². The fraction of sp³-hybridized carbons (Fsp3) is 0.571. The van der Waals surface area contributed by atoms with E-state index in [2.05, 4.69) is 67.0 Å². The van der Waals surface area contributed by atoms with Crippen molar-refractivity contribution in [2.24, 2.45) is 23.0 Å². The molecule has 2 unspecified atom stereocenters. The summed E-state index contributed by atoms with van der Waals surface area (Å²) in [7, 11) is 3.80. The Kier molecular flexibility index (Phi) is 11.5. The van der Waals surface area contributed by atoms with Crippen molar-refractivity contribution in [3.8, 4) is 0 Å². The summed E-state index contributed by atoms with van der Waals surface area (Å²) < 4.78 is 7.94. The van der Waals surface area contributed by atoms with Gasteiger partial charge in [-0.05, 0) is 72.0 Å². The summed E-state index contributed by atoms with van der Waals surface area (Å²) >= 11 is 0. The van der Waals surface area contributed by atoms with Crippen LogP contribution in [0.15, 0.2) is 52.0 Å². The number of aliphatic imine (C=N–C) groups is 2. The standard InChI is InChI=1S/C26H40N8O.C2H6/c1-9-22-13-19(17-35-26(3,4)5)18(2)24(32-25(28-7)31-21-15-29-33(8)16-21)34(22)23-12-10-11-20(30-23)14-27-6;1-2/h10-12,15-16,19,22,27H,7,9,13-14,17H2,1-6,8H3,(H,31,32);1-2H3. The smallest absolute Gasteiger partial charge is 0.228 e. The predicted molar refractivity (Wildman–Crippen MR) is 155 cm³/mol. The molecule has 0 fully saturated rings. The van der Waals surface area contributed by atoms with E-state index < -0.39 is 0 Å². The van der Waals surface area contributed by atoms with Gasteiger partial charge in [-0.15, -0.1) is 0 Å². The molecule has 9 heteroatoms. The van der Waals surface area contributed by atoms with Crippen LogP contribution in [-0.2, 0) is 18.3 Å². The Labute approximate surface area is 223 Å². The zero-order valence-electron chi connectivity index (χ0n) is 24.2. The third kappa shape index (κ3) is 8.50. The molecule has 0 radical (unpaired) electrons. The molecule has 0 saturated heterocycles. The summed E-state index contributed by atoms with van der Waals surface area (Å²) in [4.78, 5) is 16.4. The van der Waals surface area contributed by atoms with Crippen molar-refractivity contribution in [1.82, 2.24) is 20.1 Å². The zero-order chi connectivity index (χ0) is 27.6. The number of hydrogen-bond acceptors (Lipinski definition) is 6. The summed E-state index contributed by atoms with van der Waals surface area (Å²) in [6.07, 6.45) is 5.52. The third-order valence-corrected chi connectivity index (χ3v) is 6.02. The lowest BCUT2D eigenvalue weighted by atomic mass is 9.87. The number of aryl methyl sites for hydroxylation is 1. The van der Waals surface area contributed by atoms with Crippen LogP contribution < -0.4 is 15.5 Å². The number of guanidine groups is 1. The van der Waals surface area contributed by atoms with Crippen molar-refractivity contribution >= 4 is 24.2 Å². The summed E-state index contributed by atoms with van der Waals surface area (Å²) in [5, 5.41) is 10.7. The number of rotatable bonds is 8. The largest absolute Gasteiger partial charge is 0.375 e. The first-order chi connectivity index (χ1) is 17.6. The van der Waals surface area contributed by atoms with E-state index in [0.717, 1.165) is 41.4 Å². The van der Waals surface area contributed by atoms with Gasteiger partial charge < -0.3 is 20.3 Å². The van der Waals surface area contributed by atoms with Crippen LogP contribution in [0.25, 0.3) is 0 Å². The van der Waals surface area contributed by atoms with Crippen LogP contribution in [0.4, 0.5) is 11.5 Å². The number of aromatic nitrogens is 3. The summed E-state index contributed by atoms with van der Waals surface area (Å²) in [5.41, 5.74) is 2.72. The van der Waals surface area contributed by atoms with Crippen molar-refractivity contribution in [2.75, 3.05) is 23.9 Å². The zero-order valence-corrected chi connectivity index (χ0v) is 24.2. The number of nitrogens with one attached hydrogen (secondary N) is 2. The Balaban J connectivity index is 0.00000235. The first-order valence-corrected chi connectivity index (χ1v) is 13.2. The van der Waals surface area contributed by atoms with Crippen LogP contribution in [0, 0.1) is 5.92 Å². The van der Waals surface area contributed by atoms with E-state index in [9.17, 15) is 0 Å². The molecular formula is C28H46N8O. The molecule has 0 aromatic carbocycles. The van der Waals surface area contributed by atoms with Gasteiger partial charge in [-0.25, -0.2) is 9.98 Å². The van der Waals surface area contributed by atoms with E-state index in [1.165, 1.54) is 0 Å². The minimum absolute atomic E-state index is 0.207. The van der Waals surface area contributed by atoms with Gasteiger partial charge in [-0.1, -0.05) is 26.8 Å². The molecule has 2 N–H and O–H groups in total. The Hall–Kier alpha value is -3.04. The second kappa shape index (κ2) is 14.0. The van der Waals surface area contributed by atoms with E-state index in [-0.39, 0.29) is 17.6 Å². The maximum absolute atomic E-state index is 6.21. The molecule has 3 heterocycles. The summed E-state index contributed by atoms with van der Waals surface area (Å²) in [5.74, 6) is 2.36. The average Bonchev–Trinajstić information content (AvgIpc) is 3.29. The van der Waals surface area contributed by atoms with Crippen LogP contribution in [0.5, 0.6) is 0 Å². The van der Waals surface area contributed by atoms with Crippen molar-refractivity contribution in [2.45, 2.75) is 79.5 Å². The third-order valence-electron chi connectivity index (χ3n) is 6.02. The SMILES string of the molecule is C=N/C(=N\C1=C(C)C(COC(C)(C)C)CC(CC)N1c1cccc(CNC)n1)Nc1cnn(C)c1.CC. The molecular weight excluding hydrogens is 464 g/mol. The molecule has 0 spiro atoms. The maximum Gasteiger partial charge on any atom is 0.228 e. The molecule has 0 aliphatic carbocycles. The normalized spacial score (nSPS) is 18.4.